The molecule has 0 aliphatic heterocycles. The first-order chi connectivity index (χ1) is 4.75. The lowest BCUT2D eigenvalue weighted by Gasteiger charge is -1.83. The second kappa shape index (κ2) is 2.80. The Morgan fingerprint density at radius 2 is 2.40 bits per heavy atom. The lowest BCUT2D eigenvalue weighted by atomic mass is 10.3. The molecule has 0 aliphatic carbocycles. The van der Waals surface area contributed by atoms with Crippen LogP contribution in [0.15, 0.2) is 16.4 Å². The largest absolute Gasteiger partial charge is 0.269 e. The van der Waals surface area contributed by atoms with Crippen LogP contribution in [-0.4, -0.2) is 6.72 Å². The lowest BCUT2D eigenvalue weighted by Crippen LogP contribution is -2.17. The molecule has 0 atom stereocenters. The highest BCUT2D eigenvalue weighted by molar-refractivity contribution is 7.07. The van der Waals surface area contributed by atoms with Crippen molar-refractivity contribution in [1.29, 1.82) is 0 Å². The first kappa shape index (κ1) is 7.22. The molecule has 1 aromatic rings. The van der Waals surface area contributed by atoms with Crippen LogP contribution in [0.5, 0.6) is 0 Å². The molecule has 1 nitrogen and oxygen atoms in total. The van der Waals surface area contributed by atoms with Gasteiger partial charge in [0.05, 0.1) is 0 Å². The third kappa shape index (κ3) is 1.16. The van der Waals surface area contributed by atoms with Gasteiger partial charge in [-0.1, -0.05) is 6.58 Å². The van der Waals surface area contributed by atoms with E-state index in [4.69, 9.17) is 0 Å². The van der Waals surface area contributed by atoms with Crippen LogP contribution in [0.4, 0.5) is 0 Å². The smallest absolute Gasteiger partial charge is 0.0451 e. The van der Waals surface area contributed by atoms with E-state index in [9.17, 15) is 0 Å². The van der Waals surface area contributed by atoms with E-state index in [2.05, 4.69) is 18.3 Å². The number of hydrogen-bond acceptors (Lipinski definition) is 2. The Bertz CT molecular complexity index is 334. The van der Waals surface area contributed by atoms with Gasteiger partial charge in [0.25, 0.3) is 0 Å². The highest BCUT2D eigenvalue weighted by Crippen LogP contribution is 1.89. The van der Waals surface area contributed by atoms with Gasteiger partial charge in [-0.2, -0.15) is 0 Å². The Morgan fingerprint density at radius 1 is 1.70 bits per heavy atom. The van der Waals surface area contributed by atoms with E-state index in [1.54, 1.807) is 11.3 Å². The van der Waals surface area contributed by atoms with Gasteiger partial charge in [0.15, 0.2) is 0 Å². The molecule has 0 N–H and O–H groups in total. The summed E-state index contributed by atoms with van der Waals surface area (Å²) in [6.45, 7) is 9.24. The molecule has 0 bridgehead atoms. The fraction of sp³-hybridized carbons (Fsp3) is 0.125. The highest BCUT2D eigenvalue weighted by atomic mass is 32.1. The SMILES string of the molecule is C=N/C(C)=c1/ccsc1=C. The van der Waals surface area contributed by atoms with Gasteiger partial charge in [-0.05, 0) is 25.1 Å². The zero-order chi connectivity index (χ0) is 7.56. The molecule has 10 heavy (non-hydrogen) atoms. The Kier molecular flexibility index (Phi) is 2.02. The second-order valence-electron chi connectivity index (χ2n) is 2.00. The number of rotatable bonds is 1. The first-order valence-electron chi connectivity index (χ1n) is 2.96. The van der Waals surface area contributed by atoms with Crippen molar-refractivity contribution < 1.29 is 0 Å². The third-order valence-electron chi connectivity index (χ3n) is 1.37. The minimum absolute atomic E-state index is 0.950. The fourth-order valence-corrected chi connectivity index (χ4v) is 1.46. The fourth-order valence-electron chi connectivity index (χ4n) is 0.748. The summed E-state index contributed by atoms with van der Waals surface area (Å²) in [4.78, 5) is 3.83. The normalized spacial score (nSPS) is 12.9. The molecule has 0 amide bonds. The van der Waals surface area contributed by atoms with Crippen LogP contribution in [0.2, 0.25) is 0 Å². The van der Waals surface area contributed by atoms with E-state index in [-0.39, 0.29) is 0 Å². The minimum Gasteiger partial charge on any atom is -0.269 e. The number of thiophene rings is 1. The summed E-state index contributed by atoms with van der Waals surface area (Å²) in [6, 6.07) is 2.01. The van der Waals surface area contributed by atoms with Gasteiger partial charge < -0.3 is 0 Å². The predicted octanol–water partition coefficient (Wildman–Crippen LogP) is 0.987. The van der Waals surface area contributed by atoms with Crippen LogP contribution in [-0.2, 0) is 0 Å². The molecule has 1 aromatic heterocycles. The Hall–Kier alpha value is -0.890. The highest BCUT2D eigenvalue weighted by Gasteiger charge is 1.87. The Labute approximate surface area is 64.0 Å². The van der Waals surface area contributed by atoms with E-state index >= 15 is 0 Å². The summed E-state index contributed by atoms with van der Waals surface area (Å²) in [7, 11) is 0. The van der Waals surface area contributed by atoms with Crippen molar-refractivity contribution in [2.45, 2.75) is 6.92 Å². The summed E-state index contributed by atoms with van der Waals surface area (Å²) in [5, 5.41) is 3.12. The third-order valence-corrected chi connectivity index (χ3v) is 2.15. The van der Waals surface area contributed by atoms with Gasteiger partial charge in [0, 0.05) is 15.4 Å². The molecule has 52 valence electrons. The van der Waals surface area contributed by atoms with Gasteiger partial charge in [-0.3, -0.25) is 4.99 Å². The Morgan fingerprint density at radius 3 is 2.80 bits per heavy atom. The van der Waals surface area contributed by atoms with E-state index in [1.165, 1.54) is 0 Å². The van der Waals surface area contributed by atoms with Crippen molar-refractivity contribution >= 4 is 30.3 Å². The average molecular weight is 151 g/mol. The molecular weight excluding hydrogens is 142 g/mol. The maximum absolute atomic E-state index is 3.86. The van der Waals surface area contributed by atoms with Gasteiger partial charge in [-0.25, -0.2) is 0 Å². The predicted molar refractivity (Wildman–Crippen MR) is 47.7 cm³/mol. The molecule has 0 fully saturated rings. The van der Waals surface area contributed by atoms with Crippen molar-refractivity contribution in [1.82, 2.24) is 0 Å². The summed E-state index contributed by atoms with van der Waals surface area (Å²) in [5.41, 5.74) is 0.950. The zero-order valence-electron chi connectivity index (χ0n) is 5.92. The maximum Gasteiger partial charge on any atom is 0.0451 e. The summed E-state index contributed by atoms with van der Waals surface area (Å²) in [6.07, 6.45) is 0. The van der Waals surface area contributed by atoms with Gasteiger partial charge in [0.1, 0.15) is 0 Å². The van der Waals surface area contributed by atoms with Crippen LogP contribution < -0.4 is 9.75 Å². The zero-order valence-corrected chi connectivity index (χ0v) is 6.74. The topological polar surface area (TPSA) is 12.4 Å². The molecule has 0 aromatic carbocycles. The minimum atomic E-state index is 0.950. The van der Waals surface area contributed by atoms with Crippen LogP contribution in [0.3, 0.4) is 0 Å². The van der Waals surface area contributed by atoms with E-state index in [0.29, 0.717) is 0 Å². The molecule has 0 saturated heterocycles. The molecule has 1 rings (SSSR count). The van der Waals surface area contributed by atoms with Crippen molar-refractivity contribution in [3.8, 4) is 0 Å². The monoisotopic (exact) mass is 151 g/mol. The van der Waals surface area contributed by atoms with Gasteiger partial charge in [0.2, 0.25) is 0 Å². The Balaban J connectivity index is 3.55. The molecule has 0 radical (unpaired) electrons. The number of aliphatic imine (C=N–C) groups is 1. The van der Waals surface area contributed by atoms with Crippen molar-refractivity contribution in [3.05, 3.63) is 21.2 Å². The number of nitrogens with zero attached hydrogens (tertiary/aromatic N) is 1. The lowest BCUT2D eigenvalue weighted by molar-refractivity contribution is 1.47. The standard InChI is InChI=1S/C8H9NS/c1-6(9-3)8-4-5-10-7(8)2/h4-5H,2-3H2,1H3/b8-6-. The van der Waals surface area contributed by atoms with Gasteiger partial charge >= 0.3 is 0 Å². The number of hydrogen-bond donors (Lipinski definition) is 0. The van der Waals surface area contributed by atoms with Crippen LogP contribution in [0.25, 0.3) is 12.3 Å². The maximum atomic E-state index is 3.86. The van der Waals surface area contributed by atoms with Crippen LogP contribution in [0.1, 0.15) is 6.92 Å². The second-order valence-corrected chi connectivity index (χ2v) is 3.00. The van der Waals surface area contributed by atoms with E-state index in [0.717, 1.165) is 15.4 Å². The molecule has 1 heterocycles. The van der Waals surface area contributed by atoms with Crippen LogP contribution in [0, 0.1) is 0 Å². The molecule has 0 aliphatic rings. The van der Waals surface area contributed by atoms with E-state index in [1.807, 2.05) is 18.4 Å². The quantitative estimate of drug-likeness (QED) is 0.531. The average Bonchev–Trinajstić information content (AvgIpc) is 2.34. The summed E-state index contributed by atoms with van der Waals surface area (Å²) >= 11 is 1.63. The molecule has 0 spiro atoms. The molecule has 2 heteroatoms. The van der Waals surface area contributed by atoms with E-state index < -0.39 is 0 Å². The van der Waals surface area contributed by atoms with Crippen molar-refractivity contribution in [2.24, 2.45) is 4.99 Å². The van der Waals surface area contributed by atoms with Crippen molar-refractivity contribution in [3.63, 3.8) is 0 Å². The van der Waals surface area contributed by atoms with Gasteiger partial charge in [-0.15, -0.1) is 11.3 Å². The first-order valence-corrected chi connectivity index (χ1v) is 3.83. The molecule has 0 unspecified atom stereocenters. The van der Waals surface area contributed by atoms with Crippen LogP contribution >= 0.6 is 11.3 Å². The molecular formula is C8H9NS. The molecule has 0 saturated carbocycles. The summed E-state index contributed by atoms with van der Waals surface area (Å²) < 4.78 is 1.06. The van der Waals surface area contributed by atoms with Crippen molar-refractivity contribution in [2.75, 3.05) is 0 Å². The summed E-state index contributed by atoms with van der Waals surface area (Å²) in [5.74, 6) is 0.